The van der Waals surface area contributed by atoms with E-state index in [2.05, 4.69) is 38.2 Å². The number of rotatable bonds is 3. The summed E-state index contributed by atoms with van der Waals surface area (Å²) < 4.78 is 5.80. The summed E-state index contributed by atoms with van der Waals surface area (Å²) in [5.74, 6) is 1.90. The average Bonchev–Trinajstić information content (AvgIpc) is 2.75. The Balaban J connectivity index is 2.07. The van der Waals surface area contributed by atoms with E-state index in [1.165, 1.54) is 0 Å². The molecule has 0 saturated heterocycles. The number of furan rings is 1. The predicted molar refractivity (Wildman–Crippen MR) is 70.7 cm³/mol. The van der Waals surface area contributed by atoms with Gasteiger partial charge in [-0.2, -0.15) is 0 Å². The van der Waals surface area contributed by atoms with Gasteiger partial charge >= 0.3 is 0 Å². The lowest BCUT2D eigenvalue weighted by atomic mass is 10.1. The SMILES string of the molecule is CC(C)(C)NCc1ccc(-c2ccccc2)o1. The topological polar surface area (TPSA) is 25.2 Å². The van der Waals surface area contributed by atoms with Crippen molar-refractivity contribution in [2.24, 2.45) is 0 Å². The van der Waals surface area contributed by atoms with Crippen molar-refractivity contribution in [3.8, 4) is 11.3 Å². The molecule has 0 spiro atoms. The second-order valence-electron chi connectivity index (χ2n) is 5.24. The maximum atomic E-state index is 5.80. The van der Waals surface area contributed by atoms with Gasteiger partial charge in [0.2, 0.25) is 0 Å². The van der Waals surface area contributed by atoms with E-state index in [9.17, 15) is 0 Å². The van der Waals surface area contributed by atoms with E-state index in [1.54, 1.807) is 0 Å². The van der Waals surface area contributed by atoms with Crippen LogP contribution in [0.1, 0.15) is 26.5 Å². The van der Waals surface area contributed by atoms with Crippen molar-refractivity contribution < 1.29 is 4.42 Å². The molecule has 1 heterocycles. The monoisotopic (exact) mass is 229 g/mol. The third-order valence-electron chi connectivity index (χ3n) is 2.51. The van der Waals surface area contributed by atoms with Gasteiger partial charge in [0.1, 0.15) is 11.5 Å². The summed E-state index contributed by atoms with van der Waals surface area (Å²) in [5, 5.41) is 3.41. The molecular formula is C15H19NO. The highest BCUT2D eigenvalue weighted by molar-refractivity contribution is 5.57. The lowest BCUT2D eigenvalue weighted by molar-refractivity contribution is 0.391. The van der Waals surface area contributed by atoms with Crippen LogP contribution in [0.15, 0.2) is 46.9 Å². The minimum absolute atomic E-state index is 0.111. The van der Waals surface area contributed by atoms with Gasteiger partial charge in [-0.3, -0.25) is 0 Å². The van der Waals surface area contributed by atoms with E-state index >= 15 is 0 Å². The van der Waals surface area contributed by atoms with Gasteiger partial charge < -0.3 is 9.73 Å². The molecule has 2 aromatic rings. The summed E-state index contributed by atoms with van der Waals surface area (Å²) in [6, 6.07) is 14.2. The van der Waals surface area contributed by atoms with Gasteiger partial charge in [-0.25, -0.2) is 0 Å². The Morgan fingerprint density at radius 1 is 1.00 bits per heavy atom. The smallest absolute Gasteiger partial charge is 0.134 e. The lowest BCUT2D eigenvalue weighted by Gasteiger charge is -2.19. The van der Waals surface area contributed by atoms with Crippen LogP contribution in [-0.4, -0.2) is 5.54 Å². The first-order valence-electron chi connectivity index (χ1n) is 5.94. The highest BCUT2D eigenvalue weighted by atomic mass is 16.3. The summed E-state index contributed by atoms with van der Waals surface area (Å²) in [5.41, 5.74) is 1.23. The van der Waals surface area contributed by atoms with Crippen molar-refractivity contribution in [2.75, 3.05) is 0 Å². The van der Waals surface area contributed by atoms with Crippen LogP contribution < -0.4 is 5.32 Å². The quantitative estimate of drug-likeness (QED) is 0.865. The van der Waals surface area contributed by atoms with E-state index in [1.807, 2.05) is 30.3 Å². The molecule has 0 amide bonds. The fraction of sp³-hybridized carbons (Fsp3) is 0.333. The number of benzene rings is 1. The van der Waals surface area contributed by atoms with Crippen LogP contribution in [0.25, 0.3) is 11.3 Å². The zero-order valence-electron chi connectivity index (χ0n) is 10.7. The molecule has 17 heavy (non-hydrogen) atoms. The molecule has 0 bridgehead atoms. The van der Waals surface area contributed by atoms with Crippen LogP contribution in [0.2, 0.25) is 0 Å². The first-order valence-corrected chi connectivity index (χ1v) is 5.94. The molecule has 0 aliphatic rings. The summed E-state index contributed by atoms with van der Waals surface area (Å²) >= 11 is 0. The fourth-order valence-corrected chi connectivity index (χ4v) is 1.58. The standard InChI is InChI=1S/C15H19NO/c1-15(2,3)16-11-13-9-10-14(17-13)12-7-5-4-6-8-12/h4-10,16H,11H2,1-3H3. The molecule has 1 aromatic heterocycles. The average molecular weight is 229 g/mol. The molecule has 0 aliphatic carbocycles. The Hall–Kier alpha value is -1.54. The van der Waals surface area contributed by atoms with Crippen LogP contribution in [0, 0.1) is 0 Å². The van der Waals surface area contributed by atoms with Crippen LogP contribution in [0.3, 0.4) is 0 Å². The van der Waals surface area contributed by atoms with Crippen LogP contribution >= 0.6 is 0 Å². The third-order valence-corrected chi connectivity index (χ3v) is 2.51. The molecule has 1 aromatic carbocycles. The second kappa shape index (κ2) is 4.76. The fourth-order valence-electron chi connectivity index (χ4n) is 1.58. The van der Waals surface area contributed by atoms with Crippen molar-refractivity contribution in [3.63, 3.8) is 0 Å². The lowest BCUT2D eigenvalue weighted by Crippen LogP contribution is -2.34. The molecule has 0 aliphatic heterocycles. The maximum absolute atomic E-state index is 5.80. The first-order chi connectivity index (χ1) is 8.04. The maximum Gasteiger partial charge on any atom is 0.134 e. The molecule has 1 N–H and O–H groups in total. The van der Waals surface area contributed by atoms with Gasteiger partial charge in [-0.05, 0) is 32.9 Å². The summed E-state index contributed by atoms with van der Waals surface area (Å²) in [4.78, 5) is 0. The summed E-state index contributed by atoms with van der Waals surface area (Å²) in [6.45, 7) is 7.20. The van der Waals surface area contributed by atoms with E-state index < -0.39 is 0 Å². The Bertz CT molecular complexity index is 465. The third kappa shape index (κ3) is 3.46. The van der Waals surface area contributed by atoms with Gasteiger partial charge in [-0.1, -0.05) is 30.3 Å². The Labute approximate surface area is 103 Å². The highest BCUT2D eigenvalue weighted by Crippen LogP contribution is 2.21. The first kappa shape index (κ1) is 11.9. The summed E-state index contributed by atoms with van der Waals surface area (Å²) in [7, 11) is 0. The predicted octanol–water partition coefficient (Wildman–Crippen LogP) is 3.83. The van der Waals surface area contributed by atoms with Crippen LogP contribution in [-0.2, 0) is 6.54 Å². The van der Waals surface area contributed by atoms with Gasteiger partial charge in [0, 0.05) is 11.1 Å². The molecule has 0 saturated carbocycles. The Morgan fingerprint density at radius 2 is 1.71 bits per heavy atom. The number of hydrogen-bond donors (Lipinski definition) is 1. The molecular weight excluding hydrogens is 210 g/mol. The van der Waals surface area contributed by atoms with Gasteiger partial charge in [0.25, 0.3) is 0 Å². The highest BCUT2D eigenvalue weighted by Gasteiger charge is 2.10. The van der Waals surface area contributed by atoms with Gasteiger partial charge in [-0.15, -0.1) is 0 Å². The van der Waals surface area contributed by atoms with E-state index in [0.717, 1.165) is 23.6 Å². The zero-order chi connectivity index (χ0) is 12.3. The van der Waals surface area contributed by atoms with Gasteiger partial charge in [0.05, 0.1) is 6.54 Å². The van der Waals surface area contributed by atoms with E-state index in [0.29, 0.717) is 0 Å². The van der Waals surface area contributed by atoms with Gasteiger partial charge in [0.15, 0.2) is 0 Å². The zero-order valence-corrected chi connectivity index (χ0v) is 10.7. The van der Waals surface area contributed by atoms with E-state index in [-0.39, 0.29) is 5.54 Å². The molecule has 0 atom stereocenters. The normalized spacial score (nSPS) is 11.7. The second-order valence-corrected chi connectivity index (χ2v) is 5.24. The molecule has 2 nitrogen and oxygen atoms in total. The van der Waals surface area contributed by atoms with Crippen LogP contribution in [0.4, 0.5) is 0 Å². The minimum atomic E-state index is 0.111. The summed E-state index contributed by atoms with van der Waals surface area (Å²) in [6.07, 6.45) is 0. The molecule has 0 radical (unpaired) electrons. The largest absolute Gasteiger partial charge is 0.460 e. The number of nitrogens with one attached hydrogen (secondary N) is 1. The van der Waals surface area contributed by atoms with Crippen molar-refractivity contribution in [1.29, 1.82) is 0 Å². The number of hydrogen-bond acceptors (Lipinski definition) is 2. The molecule has 90 valence electrons. The Morgan fingerprint density at radius 3 is 2.35 bits per heavy atom. The Kier molecular flexibility index (Phi) is 3.34. The van der Waals surface area contributed by atoms with Crippen molar-refractivity contribution in [2.45, 2.75) is 32.9 Å². The minimum Gasteiger partial charge on any atom is -0.460 e. The van der Waals surface area contributed by atoms with Crippen molar-refractivity contribution in [1.82, 2.24) is 5.32 Å². The molecule has 2 heteroatoms. The molecule has 0 unspecified atom stereocenters. The molecule has 0 fully saturated rings. The van der Waals surface area contributed by atoms with Crippen molar-refractivity contribution >= 4 is 0 Å². The molecule has 2 rings (SSSR count). The van der Waals surface area contributed by atoms with E-state index in [4.69, 9.17) is 4.42 Å². The van der Waals surface area contributed by atoms with Crippen LogP contribution in [0.5, 0.6) is 0 Å². The van der Waals surface area contributed by atoms with Crippen molar-refractivity contribution in [3.05, 3.63) is 48.2 Å².